The van der Waals surface area contributed by atoms with E-state index in [2.05, 4.69) is 4.98 Å². The van der Waals surface area contributed by atoms with Crippen LogP contribution in [0.2, 0.25) is 0 Å². The molecule has 0 fully saturated rings. The molecule has 1 aromatic heterocycles. The van der Waals surface area contributed by atoms with Crippen molar-refractivity contribution in [2.75, 3.05) is 18.5 Å². The maximum atomic E-state index is 10.4. The van der Waals surface area contributed by atoms with Crippen LogP contribution in [0.1, 0.15) is 13.8 Å². The van der Waals surface area contributed by atoms with Crippen molar-refractivity contribution in [3.05, 3.63) is 28.4 Å². The van der Waals surface area contributed by atoms with Crippen molar-refractivity contribution >= 4 is 11.5 Å². The van der Waals surface area contributed by atoms with Gasteiger partial charge < -0.3 is 10.0 Å². The standard InChI is InChI=1S/C10H15N3O3/c1-10(2,14)7-12(3)9-5-4-8(6-11-9)13(15)16/h4-6,14H,7H2,1-3H3. The fourth-order valence-corrected chi connectivity index (χ4v) is 1.37. The summed E-state index contributed by atoms with van der Waals surface area (Å²) in [5.41, 5.74) is -0.876. The van der Waals surface area contributed by atoms with Gasteiger partial charge in [-0.1, -0.05) is 0 Å². The van der Waals surface area contributed by atoms with Crippen LogP contribution in [0.4, 0.5) is 11.5 Å². The number of rotatable bonds is 4. The van der Waals surface area contributed by atoms with Gasteiger partial charge in [-0.05, 0) is 19.9 Å². The highest BCUT2D eigenvalue weighted by molar-refractivity contribution is 5.42. The van der Waals surface area contributed by atoms with E-state index in [4.69, 9.17) is 0 Å². The van der Waals surface area contributed by atoms with Crippen molar-refractivity contribution in [1.29, 1.82) is 0 Å². The Hall–Kier alpha value is -1.69. The van der Waals surface area contributed by atoms with Crippen molar-refractivity contribution in [3.8, 4) is 0 Å². The Balaban J connectivity index is 2.78. The topological polar surface area (TPSA) is 79.5 Å². The molecule has 0 saturated carbocycles. The van der Waals surface area contributed by atoms with Crippen molar-refractivity contribution < 1.29 is 10.0 Å². The smallest absolute Gasteiger partial charge is 0.287 e. The van der Waals surface area contributed by atoms with Crippen LogP contribution in [0.25, 0.3) is 0 Å². The molecule has 0 saturated heterocycles. The van der Waals surface area contributed by atoms with Gasteiger partial charge in [0.05, 0.1) is 10.5 Å². The number of hydrogen-bond donors (Lipinski definition) is 1. The van der Waals surface area contributed by atoms with Crippen LogP contribution in [0.5, 0.6) is 0 Å². The molecule has 16 heavy (non-hydrogen) atoms. The SMILES string of the molecule is CN(CC(C)(C)O)c1ccc([N+](=O)[O-])cn1. The van der Waals surface area contributed by atoms with Gasteiger partial charge in [-0.2, -0.15) is 0 Å². The normalized spacial score (nSPS) is 11.2. The van der Waals surface area contributed by atoms with E-state index in [0.29, 0.717) is 12.4 Å². The molecule has 1 N–H and O–H groups in total. The summed E-state index contributed by atoms with van der Waals surface area (Å²) in [6, 6.07) is 2.95. The third-order valence-electron chi connectivity index (χ3n) is 1.96. The second kappa shape index (κ2) is 4.44. The third-order valence-corrected chi connectivity index (χ3v) is 1.96. The van der Waals surface area contributed by atoms with Gasteiger partial charge in [0.25, 0.3) is 5.69 Å². The molecule has 0 aliphatic rings. The van der Waals surface area contributed by atoms with E-state index in [1.54, 1.807) is 31.9 Å². The fourth-order valence-electron chi connectivity index (χ4n) is 1.37. The summed E-state index contributed by atoms with van der Waals surface area (Å²) in [7, 11) is 1.77. The maximum absolute atomic E-state index is 10.4. The predicted molar refractivity (Wildman–Crippen MR) is 60.5 cm³/mol. The first-order valence-corrected chi connectivity index (χ1v) is 4.83. The molecule has 0 aliphatic carbocycles. The van der Waals surface area contributed by atoms with Crippen LogP contribution in [0.3, 0.4) is 0 Å². The molecule has 0 aromatic carbocycles. The lowest BCUT2D eigenvalue weighted by Crippen LogP contribution is -2.36. The van der Waals surface area contributed by atoms with Crippen LogP contribution < -0.4 is 4.90 Å². The first-order chi connectivity index (χ1) is 7.29. The Morgan fingerprint density at radius 1 is 1.56 bits per heavy atom. The minimum absolute atomic E-state index is 0.0413. The largest absolute Gasteiger partial charge is 0.389 e. The Morgan fingerprint density at radius 2 is 2.19 bits per heavy atom. The molecule has 6 heteroatoms. The van der Waals surface area contributed by atoms with Gasteiger partial charge in [-0.3, -0.25) is 10.1 Å². The molecule has 0 radical (unpaired) electrons. The van der Waals surface area contributed by atoms with Crippen molar-refractivity contribution in [2.45, 2.75) is 19.4 Å². The Morgan fingerprint density at radius 3 is 2.56 bits per heavy atom. The highest BCUT2D eigenvalue weighted by Gasteiger charge is 2.17. The Labute approximate surface area is 93.7 Å². The second-order valence-electron chi connectivity index (χ2n) is 4.30. The molecular weight excluding hydrogens is 210 g/mol. The summed E-state index contributed by atoms with van der Waals surface area (Å²) in [6.07, 6.45) is 1.20. The van der Waals surface area contributed by atoms with E-state index in [1.807, 2.05) is 0 Å². The monoisotopic (exact) mass is 225 g/mol. The lowest BCUT2D eigenvalue weighted by molar-refractivity contribution is -0.385. The van der Waals surface area contributed by atoms with Crippen LogP contribution in [0, 0.1) is 10.1 Å². The molecule has 1 rings (SSSR count). The van der Waals surface area contributed by atoms with Gasteiger partial charge in [0.2, 0.25) is 0 Å². The minimum atomic E-state index is -0.835. The number of nitrogens with zero attached hydrogens (tertiary/aromatic N) is 3. The first-order valence-electron chi connectivity index (χ1n) is 4.83. The van der Waals surface area contributed by atoms with Gasteiger partial charge in [-0.15, -0.1) is 0 Å². The van der Waals surface area contributed by atoms with Crippen LogP contribution in [-0.2, 0) is 0 Å². The fraction of sp³-hybridized carbons (Fsp3) is 0.500. The molecule has 88 valence electrons. The number of aromatic nitrogens is 1. The summed E-state index contributed by atoms with van der Waals surface area (Å²) in [5, 5.41) is 20.0. The number of anilines is 1. The molecule has 0 atom stereocenters. The van der Waals surface area contributed by atoms with E-state index in [-0.39, 0.29) is 5.69 Å². The van der Waals surface area contributed by atoms with Gasteiger partial charge in [0.1, 0.15) is 12.0 Å². The highest BCUT2D eigenvalue weighted by atomic mass is 16.6. The van der Waals surface area contributed by atoms with Gasteiger partial charge in [0, 0.05) is 19.7 Å². The van der Waals surface area contributed by atoms with Crippen molar-refractivity contribution in [2.24, 2.45) is 0 Å². The van der Waals surface area contributed by atoms with Crippen LogP contribution >= 0.6 is 0 Å². The van der Waals surface area contributed by atoms with Crippen LogP contribution in [-0.4, -0.2) is 34.2 Å². The van der Waals surface area contributed by atoms with Crippen molar-refractivity contribution in [3.63, 3.8) is 0 Å². The van der Waals surface area contributed by atoms with E-state index >= 15 is 0 Å². The average Bonchev–Trinajstić information content (AvgIpc) is 2.15. The molecule has 0 amide bonds. The summed E-state index contributed by atoms with van der Waals surface area (Å²) in [6.45, 7) is 3.78. The average molecular weight is 225 g/mol. The zero-order chi connectivity index (χ0) is 12.3. The molecular formula is C10H15N3O3. The number of hydrogen-bond acceptors (Lipinski definition) is 5. The van der Waals surface area contributed by atoms with E-state index in [1.165, 1.54) is 12.3 Å². The first kappa shape index (κ1) is 12.4. The molecule has 1 aromatic rings. The number of likely N-dealkylation sites (N-methyl/N-ethyl adjacent to an activating group) is 1. The maximum Gasteiger partial charge on any atom is 0.287 e. The molecule has 6 nitrogen and oxygen atoms in total. The Bertz CT molecular complexity index is 370. The van der Waals surface area contributed by atoms with Crippen LogP contribution in [0.15, 0.2) is 18.3 Å². The van der Waals surface area contributed by atoms with E-state index in [0.717, 1.165) is 0 Å². The molecule has 1 heterocycles. The summed E-state index contributed by atoms with van der Waals surface area (Å²) >= 11 is 0. The van der Waals surface area contributed by atoms with E-state index in [9.17, 15) is 15.2 Å². The molecule has 0 aliphatic heterocycles. The van der Waals surface area contributed by atoms with Gasteiger partial charge >= 0.3 is 0 Å². The molecule has 0 bridgehead atoms. The Kier molecular flexibility index (Phi) is 3.44. The number of pyridine rings is 1. The molecule has 0 unspecified atom stereocenters. The summed E-state index contributed by atoms with van der Waals surface area (Å²) in [4.78, 5) is 15.6. The minimum Gasteiger partial charge on any atom is -0.389 e. The van der Waals surface area contributed by atoms with Gasteiger partial charge in [-0.25, -0.2) is 4.98 Å². The zero-order valence-corrected chi connectivity index (χ0v) is 9.54. The zero-order valence-electron chi connectivity index (χ0n) is 9.54. The number of aliphatic hydroxyl groups is 1. The van der Waals surface area contributed by atoms with E-state index < -0.39 is 10.5 Å². The third kappa shape index (κ3) is 3.47. The predicted octanol–water partition coefficient (Wildman–Crippen LogP) is 1.20. The summed E-state index contributed by atoms with van der Waals surface area (Å²) in [5.74, 6) is 0.590. The summed E-state index contributed by atoms with van der Waals surface area (Å²) < 4.78 is 0. The highest BCUT2D eigenvalue weighted by Crippen LogP contribution is 2.16. The number of nitro groups is 1. The lowest BCUT2D eigenvalue weighted by Gasteiger charge is -2.26. The second-order valence-corrected chi connectivity index (χ2v) is 4.30. The van der Waals surface area contributed by atoms with Crippen molar-refractivity contribution in [1.82, 2.24) is 4.98 Å². The lowest BCUT2D eigenvalue weighted by atomic mass is 10.1. The van der Waals surface area contributed by atoms with Gasteiger partial charge in [0.15, 0.2) is 0 Å². The molecule has 0 spiro atoms. The quantitative estimate of drug-likeness (QED) is 0.615.